The molecule has 32 heavy (non-hydrogen) atoms. The molecule has 0 aromatic carbocycles. The molecule has 0 amide bonds. The largest absolute Gasteiger partial charge is 0.255 e. The Morgan fingerprint density at radius 3 is 1.41 bits per heavy atom. The third kappa shape index (κ3) is 4.40. The third-order valence-corrected chi connectivity index (χ3v) is 4.72. The van der Waals surface area contributed by atoms with Crippen molar-refractivity contribution in [1.82, 2.24) is 24.9 Å². The molecular weight excluding hydrogens is 394 g/mol. The lowest BCUT2D eigenvalue weighted by Gasteiger charge is -2.06. The van der Waals surface area contributed by atoms with E-state index in [1.54, 1.807) is 24.8 Å². The molecule has 5 heteroatoms. The topological polar surface area (TPSA) is 64.5 Å². The third-order valence-electron chi connectivity index (χ3n) is 4.72. The van der Waals surface area contributed by atoms with Gasteiger partial charge in [-0.05, 0) is 60.7 Å². The van der Waals surface area contributed by atoms with E-state index in [0.717, 1.165) is 45.3 Å². The zero-order valence-corrected chi connectivity index (χ0v) is 17.1. The molecule has 5 heterocycles. The van der Waals surface area contributed by atoms with E-state index < -0.39 is 0 Å². The highest BCUT2D eigenvalue weighted by Crippen LogP contribution is 2.22. The fourth-order valence-corrected chi connectivity index (χ4v) is 3.20. The first kappa shape index (κ1) is 19.3. The summed E-state index contributed by atoms with van der Waals surface area (Å²) >= 11 is 0. The summed E-state index contributed by atoms with van der Waals surface area (Å²) in [6, 6.07) is 25.0. The second-order valence-corrected chi connectivity index (χ2v) is 6.95. The van der Waals surface area contributed by atoms with Gasteiger partial charge in [0.05, 0.1) is 34.2 Å². The highest BCUT2D eigenvalue weighted by atomic mass is 14.8. The zero-order chi connectivity index (χ0) is 21.6. The Labute approximate surface area is 185 Å². The van der Waals surface area contributed by atoms with Crippen LogP contribution in [0.3, 0.4) is 0 Å². The Balaban J connectivity index is 1.55. The maximum absolute atomic E-state index is 4.77. The van der Waals surface area contributed by atoms with E-state index >= 15 is 0 Å². The molecule has 0 N–H and O–H groups in total. The van der Waals surface area contributed by atoms with Crippen molar-refractivity contribution in [3.05, 3.63) is 115 Å². The molecule has 0 aliphatic rings. The number of nitrogens with zero attached hydrogens (tertiary/aromatic N) is 5. The Bertz CT molecular complexity index is 1350. The number of hydrogen-bond acceptors (Lipinski definition) is 5. The van der Waals surface area contributed by atoms with Gasteiger partial charge in [0.15, 0.2) is 0 Å². The summed E-state index contributed by atoms with van der Waals surface area (Å²) in [6.07, 6.45) is 7.02. The first-order valence-electron chi connectivity index (χ1n) is 10.1. The minimum atomic E-state index is 0.752. The van der Waals surface area contributed by atoms with Crippen LogP contribution in [0.2, 0.25) is 0 Å². The molecule has 0 unspecified atom stereocenters. The Morgan fingerprint density at radius 2 is 0.875 bits per heavy atom. The summed E-state index contributed by atoms with van der Waals surface area (Å²) in [7, 11) is 0. The maximum atomic E-state index is 4.77. The molecule has 0 aliphatic carbocycles. The van der Waals surface area contributed by atoms with Crippen molar-refractivity contribution in [2.75, 3.05) is 0 Å². The molecule has 0 spiro atoms. The summed E-state index contributed by atoms with van der Waals surface area (Å²) < 4.78 is 0. The van der Waals surface area contributed by atoms with Gasteiger partial charge in [0.2, 0.25) is 0 Å². The van der Waals surface area contributed by atoms with Crippen LogP contribution in [-0.2, 0) is 0 Å². The van der Waals surface area contributed by atoms with Crippen LogP contribution in [0.4, 0.5) is 0 Å². The monoisotopic (exact) mass is 411 g/mol. The standard InChI is InChI=1S/C27H17N5/c1-4-13-28-22(7-1)25-17-20(12-16-31-25)10-11-21-18-26(23-8-2-5-14-29-23)32-27(19-21)24-9-3-6-15-30-24/h1-9,12-19H. The molecule has 0 atom stereocenters. The number of rotatable bonds is 3. The Hall–Kier alpha value is -4.69. The lowest BCUT2D eigenvalue weighted by atomic mass is 10.1. The summed E-state index contributed by atoms with van der Waals surface area (Å²) in [5.74, 6) is 6.51. The summed E-state index contributed by atoms with van der Waals surface area (Å²) in [5.41, 5.74) is 6.37. The first-order chi connectivity index (χ1) is 15.8. The molecule has 5 rings (SSSR count). The van der Waals surface area contributed by atoms with Gasteiger partial charge in [0.25, 0.3) is 0 Å². The predicted molar refractivity (Wildman–Crippen MR) is 124 cm³/mol. The van der Waals surface area contributed by atoms with Crippen LogP contribution in [0.5, 0.6) is 0 Å². The van der Waals surface area contributed by atoms with Crippen LogP contribution in [0.25, 0.3) is 34.2 Å². The molecule has 0 saturated carbocycles. The van der Waals surface area contributed by atoms with Gasteiger partial charge >= 0.3 is 0 Å². The van der Waals surface area contributed by atoms with E-state index in [0.29, 0.717) is 0 Å². The van der Waals surface area contributed by atoms with E-state index in [1.165, 1.54) is 0 Å². The second-order valence-electron chi connectivity index (χ2n) is 6.95. The van der Waals surface area contributed by atoms with Crippen LogP contribution in [0.15, 0.2) is 104 Å². The van der Waals surface area contributed by atoms with Gasteiger partial charge in [0, 0.05) is 35.9 Å². The molecule has 5 nitrogen and oxygen atoms in total. The van der Waals surface area contributed by atoms with E-state index in [4.69, 9.17) is 4.98 Å². The van der Waals surface area contributed by atoms with Gasteiger partial charge in [-0.1, -0.05) is 30.0 Å². The van der Waals surface area contributed by atoms with Crippen LogP contribution < -0.4 is 0 Å². The van der Waals surface area contributed by atoms with Gasteiger partial charge in [-0.15, -0.1) is 0 Å². The first-order valence-corrected chi connectivity index (χ1v) is 10.1. The van der Waals surface area contributed by atoms with Crippen molar-refractivity contribution in [2.24, 2.45) is 0 Å². The molecular formula is C27H17N5. The van der Waals surface area contributed by atoms with E-state index in [2.05, 4.69) is 31.8 Å². The number of aromatic nitrogens is 5. The molecule has 0 aliphatic heterocycles. The van der Waals surface area contributed by atoms with Crippen molar-refractivity contribution in [3.8, 4) is 46.0 Å². The molecule has 5 aromatic rings. The highest BCUT2D eigenvalue weighted by molar-refractivity contribution is 5.66. The number of pyridine rings is 5. The van der Waals surface area contributed by atoms with Crippen LogP contribution in [-0.4, -0.2) is 24.9 Å². The SMILES string of the molecule is C(#Cc1cc(-c2ccccn2)nc(-c2ccccn2)c1)c1ccnc(-c2ccccn2)c1. The maximum Gasteiger partial charge on any atom is 0.0906 e. The Morgan fingerprint density at radius 1 is 0.406 bits per heavy atom. The normalized spacial score (nSPS) is 10.2. The van der Waals surface area contributed by atoms with Crippen LogP contribution in [0.1, 0.15) is 11.1 Å². The summed E-state index contributed by atoms with van der Waals surface area (Å²) in [6.45, 7) is 0. The van der Waals surface area contributed by atoms with Crippen molar-refractivity contribution in [2.45, 2.75) is 0 Å². The van der Waals surface area contributed by atoms with E-state index in [-0.39, 0.29) is 0 Å². The summed E-state index contributed by atoms with van der Waals surface area (Å²) in [5, 5.41) is 0. The predicted octanol–water partition coefficient (Wildman–Crippen LogP) is 5.06. The Kier molecular flexibility index (Phi) is 5.41. The fourth-order valence-electron chi connectivity index (χ4n) is 3.20. The average molecular weight is 411 g/mol. The van der Waals surface area contributed by atoms with Crippen molar-refractivity contribution in [3.63, 3.8) is 0 Å². The highest BCUT2D eigenvalue weighted by Gasteiger charge is 2.08. The van der Waals surface area contributed by atoms with E-state index in [1.807, 2.05) is 78.9 Å². The van der Waals surface area contributed by atoms with Crippen LogP contribution in [0, 0.1) is 11.8 Å². The molecule has 0 radical (unpaired) electrons. The second kappa shape index (κ2) is 8.99. The lowest BCUT2D eigenvalue weighted by Crippen LogP contribution is -1.94. The zero-order valence-electron chi connectivity index (χ0n) is 17.1. The summed E-state index contributed by atoms with van der Waals surface area (Å²) in [4.78, 5) is 22.4. The number of hydrogen-bond donors (Lipinski definition) is 0. The van der Waals surface area contributed by atoms with Crippen molar-refractivity contribution >= 4 is 0 Å². The van der Waals surface area contributed by atoms with Gasteiger partial charge in [-0.25, -0.2) is 4.98 Å². The van der Waals surface area contributed by atoms with E-state index in [9.17, 15) is 0 Å². The van der Waals surface area contributed by atoms with Gasteiger partial charge in [-0.2, -0.15) is 0 Å². The molecule has 0 fully saturated rings. The van der Waals surface area contributed by atoms with Crippen molar-refractivity contribution in [1.29, 1.82) is 0 Å². The van der Waals surface area contributed by atoms with Gasteiger partial charge < -0.3 is 0 Å². The van der Waals surface area contributed by atoms with Gasteiger partial charge in [0.1, 0.15) is 0 Å². The minimum Gasteiger partial charge on any atom is -0.255 e. The fraction of sp³-hybridized carbons (Fsp3) is 0. The minimum absolute atomic E-state index is 0.752. The quantitative estimate of drug-likeness (QED) is 0.388. The molecule has 5 aromatic heterocycles. The molecule has 0 bridgehead atoms. The smallest absolute Gasteiger partial charge is 0.0906 e. The van der Waals surface area contributed by atoms with Crippen molar-refractivity contribution < 1.29 is 0 Å². The molecule has 0 saturated heterocycles. The lowest BCUT2D eigenvalue weighted by molar-refractivity contribution is 1.21. The molecule has 150 valence electrons. The van der Waals surface area contributed by atoms with Crippen LogP contribution >= 0.6 is 0 Å². The van der Waals surface area contributed by atoms with Gasteiger partial charge in [-0.3, -0.25) is 19.9 Å². The average Bonchev–Trinajstić information content (AvgIpc) is 2.89.